The summed E-state index contributed by atoms with van der Waals surface area (Å²) in [5.74, 6) is -7.33. The highest BCUT2D eigenvalue weighted by Gasteiger charge is 2.41. The number of nitrogens with zero attached hydrogens (tertiary/aromatic N) is 1. The first kappa shape index (κ1) is 24.9. The van der Waals surface area contributed by atoms with Gasteiger partial charge in [-0.05, 0) is 50.0 Å². The Hall–Kier alpha value is -5.46. The van der Waals surface area contributed by atoms with Gasteiger partial charge in [0.05, 0.1) is 33.4 Å². The molecule has 2 aliphatic carbocycles. The lowest BCUT2D eigenvalue weighted by atomic mass is 9.93. The number of carbonyl (C=O) groups is 8. The Morgan fingerprint density at radius 1 is 0.650 bits per heavy atom. The largest absolute Gasteiger partial charge is 0.422 e. The summed E-state index contributed by atoms with van der Waals surface area (Å²) >= 11 is 0. The van der Waals surface area contributed by atoms with Gasteiger partial charge in [0.2, 0.25) is 0 Å². The number of hydrogen-bond donors (Lipinski definition) is 0. The van der Waals surface area contributed by atoms with Gasteiger partial charge in [-0.2, -0.15) is 0 Å². The van der Waals surface area contributed by atoms with Crippen LogP contribution in [0.3, 0.4) is 0 Å². The first-order valence-electron chi connectivity index (χ1n) is 11.9. The molecule has 0 fully saturated rings. The van der Waals surface area contributed by atoms with Crippen molar-refractivity contribution in [2.75, 3.05) is 7.05 Å². The molecule has 0 saturated heterocycles. The van der Waals surface area contributed by atoms with Crippen LogP contribution in [-0.2, 0) is 38.2 Å². The highest BCUT2D eigenvalue weighted by Crippen LogP contribution is 2.39. The highest BCUT2D eigenvalue weighted by atomic mass is 16.6. The Morgan fingerprint density at radius 3 is 1.45 bits per heavy atom. The lowest BCUT2D eigenvalue weighted by Gasteiger charge is -2.15. The van der Waals surface area contributed by atoms with Crippen LogP contribution in [0.5, 0.6) is 11.5 Å². The van der Waals surface area contributed by atoms with Gasteiger partial charge in [0.1, 0.15) is 11.5 Å². The maximum absolute atomic E-state index is 12.9. The number of esters is 6. The highest BCUT2D eigenvalue weighted by molar-refractivity contribution is 6.24. The molecule has 0 spiro atoms. The smallest absolute Gasteiger partial charge is 0.346 e. The van der Waals surface area contributed by atoms with Gasteiger partial charge in [-0.3, -0.25) is 14.5 Å². The van der Waals surface area contributed by atoms with Crippen LogP contribution in [0.25, 0.3) is 0 Å². The normalized spacial score (nSPS) is 19.7. The van der Waals surface area contributed by atoms with Crippen LogP contribution in [0.2, 0.25) is 0 Å². The molecule has 0 unspecified atom stereocenters. The number of carbonyl (C=O) groups excluding carboxylic acids is 8. The van der Waals surface area contributed by atoms with Crippen LogP contribution in [-0.4, -0.2) is 59.6 Å². The third-order valence-corrected chi connectivity index (χ3v) is 6.98. The van der Waals surface area contributed by atoms with E-state index in [-0.39, 0.29) is 81.7 Å². The second-order valence-electron chi connectivity index (χ2n) is 9.24. The maximum atomic E-state index is 12.9. The fraction of sp³-hybridized carbons (Fsp3) is 0.185. The minimum absolute atomic E-state index is 0.0432. The van der Waals surface area contributed by atoms with Crippen molar-refractivity contribution >= 4 is 47.6 Å². The third-order valence-electron chi connectivity index (χ3n) is 6.98. The van der Waals surface area contributed by atoms with E-state index in [2.05, 4.69) is 9.47 Å². The van der Waals surface area contributed by atoms with Crippen LogP contribution < -0.4 is 9.47 Å². The summed E-state index contributed by atoms with van der Waals surface area (Å²) in [7, 11) is 1.20. The molecule has 0 radical (unpaired) electrons. The number of amides is 2. The molecule has 3 heterocycles. The number of cyclic esters (lactones) is 4. The summed E-state index contributed by atoms with van der Waals surface area (Å²) < 4.78 is 19.9. The molecular weight excluding hydrogens is 530 g/mol. The maximum Gasteiger partial charge on any atom is 0.346 e. The van der Waals surface area contributed by atoms with E-state index in [0.29, 0.717) is 0 Å². The van der Waals surface area contributed by atoms with Crippen LogP contribution in [0.15, 0.2) is 57.7 Å². The van der Waals surface area contributed by atoms with E-state index >= 15 is 0 Å². The van der Waals surface area contributed by atoms with Crippen molar-refractivity contribution in [2.45, 2.75) is 25.7 Å². The number of ether oxygens (including phenoxy) is 4. The number of rotatable bonds is 4. The Morgan fingerprint density at radius 2 is 1.05 bits per heavy atom. The van der Waals surface area contributed by atoms with Gasteiger partial charge in [-0.1, -0.05) is 0 Å². The van der Waals surface area contributed by atoms with E-state index in [1.807, 2.05) is 0 Å². The number of benzene rings is 1. The molecule has 0 atom stereocenters. The van der Waals surface area contributed by atoms with Crippen molar-refractivity contribution in [1.29, 1.82) is 0 Å². The SMILES string of the molecule is CN1C(=O)c2c(OC(=O)C3=CC4=C(CC3)C(=O)OC4=O)ccc(OC(=O)C3=CC4=C(CC3)C(=O)OC4=O)c2C1=O. The van der Waals surface area contributed by atoms with Crippen LogP contribution >= 0.6 is 0 Å². The monoisotopic (exact) mass is 545 g/mol. The zero-order valence-electron chi connectivity index (χ0n) is 20.5. The minimum atomic E-state index is -0.921. The molecule has 1 aromatic carbocycles. The average molecular weight is 545 g/mol. The van der Waals surface area contributed by atoms with Crippen molar-refractivity contribution < 1.29 is 57.3 Å². The molecule has 2 amide bonds. The second-order valence-corrected chi connectivity index (χ2v) is 9.24. The fourth-order valence-corrected chi connectivity index (χ4v) is 4.89. The summed E-state index contributed by atoms with van der Waals surface area (Å²) in [5, 5.41) is 0. The molecule has 40 heavy (non-hydrogen) atoms. The number of imide groups is 1. The molecule has 0 saturated carbocycles. The predicted octanol–water partition coefficient (Wildman–Crippen LogP) is 0.924. The topological polar surface area (TPSA) is 177 Å². The Kier molecular flexibility index (Phi) is 5.47. The summed E-state index contributed by atoms with van der Waals surface area (Å²) in [6.45, 7) is 0. The molecule has 6 rings (SSSR count). The van der Waals surface area contributed by atoms with Gasteiger partial charge in [0, 0.05) is 18.2 Å². The number of fused-ring (bicyclic) bond motifs is 1. The van der Waals surface area contributed by atoms with E-state index in [4.69, 9.17) is 9.47 Å². The third kappa shape index (κ3) is 3.70. The molecule has 1 aromatic rings. The molecule has 5 aliphatic rings. The van der Waals surface area contributed by atoms with Crippen molar-refractivity contribution in [1.82, 2.24) is 4.90 Å². The lowest BCUT2D eigenvalue weighted by Crippen LogP contribution is -2.25. The zero-order valence-corrected chi connectivity index (χ0v) is 20.5. The van der Waals surface area contributed by atoms with Gasteiger partial charge < -0.3 is 18.9 Å². The van der Waals surface area contributed by atoms with Crippen LogP contribution in [0.4, 0.5) is 0 Å². The first-order chi connectivity index (χ1) is 19.0. The van der Waals surface area contributed by atoms with Gasteiger partial charge in [0.25, 0.3) is 11.8 Å². The van der Waals surface area contributed by atoms with Crippen LogP contribution in [0.1, 0.15) is 46.4 Å². The minimum Gasteiger partial charge on any atom is -0.422 e. The summed E-state index contributed by atoms with van der Waals surface area (Å²) in [5.41, 5.74) is -0.311. The standard InChI is InChI=1S/C27H15NO12/c1-28-20(29)18-16(37-22(31)10-2-4-12-14(8-10)26(35)39-24(12)33)6-7-17(19(18)21(28)30)38-23(32)11-3-5-13-15(9-11)27(36)40-25(13)34/h6-9H,2-5H2,1H3. The molecule has 13 nitrogen and oxygen atoms in total. The van der Waals surface area contributed by atoms with Gasteiger partial charge in [-0.25, -0.2) is 28.8 Å². The van der Waals surface area contributed by atoms with E-state index < -0.39 is 47.6 Å². The molecule has 0 bridgehead atoms. The van der Waals surface area contributed by atoms with E-state index in [9.17, 15) is 38.4 Å². The molecule has 0 aromatic heterocycles. The van der Waals surface area contributed by atoms with E-state index in [1.54, 1.807) is 0 Å². The first-order valence-corrected chi connectivity index (χ1v) is 11.9. The quantitative estimate of drug-likeness (QED) is 0.227. The molecule has 200 valence electrons. The Bertz CT molecular complexity index is 1580. The molecule has 3 aliphatic heterocycles. The second kappa shape index (κ2) is 8.80. The lowest BCUT2D eigenvalue weighted by molar-refractivity contribution is -0.152. The van der Waals surface area contributed by atoms with Crippen molar-refractivity contribution in [3.05, 3.63) is 68.9 Å². The van der Waals surface area contributed by atoms with E-state index in [0.717, 1.165) is 4.90 Å². The van der Waals surface area contributed by atoms with Crippen LogP contribution in [0, 0.1) is 0 Å². The zero-order chi connectivity index (χ0) is 28.5. The van der Waals surface area contributed by atoms with Gasteiger partial charge >= 0.3 is 35.8 Å². The molecule has 13 heteroatoms. The van der Waals surface area contributed by atoms with Gasteiger partial charge in [-0.15, -0.1) is 0 Å². The Labute approximate surface area is 223 Å². The summed E-state index contributed by atoms with van der Waals surface area (Å²) in [4.78, 5) is 99.5. The average Bonchev–Trinajstić information content (AvgIpc) is 3.48. The Balaban J connectivity index is 1.29. The van der Waals surface area contributed by atoms with Crippen molar-refractivity contribution in [2.24, 2.45) is 0 Å². The van der Waals surface area contributed by atoms with Gasteiger partial charge in [0.15, 0.2) is 0 Å². The summed E-state index contributed by atoms with van der Waals surface area (Å²) in [6.07, 6.45) is 2.67. The molecule has 0 N–H and O–H groups in total. The molecular formula is C27H15NO12. The van der Waals surface area contributed by atoms with E-state index in [1.165, 1.54) is 31.3 Å². The van der Waals surface area contributed by atoms with Crippen molar-refractivity contribution in [3.8, 4) is 11.5 Å². The fourth-order valence-electron chi connectivity index (χ4n) is 4.89. The summed E-state index contributed by atoms with van der Waals surface area (Å²) in [6, 6.07) is 2.35. The number of hydrogen-bond acceptors (Lipinski definition) is 12. The predicted molar refractivity (Wildman–Crippen MR) is 125 cm³/mol. The van der Waals surface area contributed by atoms with Crippen molar-refractivity contribution in [3.63, 3.8) is 0 Å².